The Hall–Kier alpha value is -0.460. The summed E-state index contributed by atoms with van der Waals surface area (Å²) in [4.78, 5) is 22.7. The molecule has 1 atom stereocenters. The third-order valence-corrected chi connectivity index (χ3v) is 3.63. The van der Waals surface area contributed by atoms with Gasteiger partial charge in [0.25, 0.3) is 0 Å². The summed E-state index contributed by atoms with van der Waals surface area (Å²) in [5.74, 6) is 1.37. The van der Waals surface area contributed by atoms with Crippen molar-refractivity contribution in [3.8, 4) is 0 Å². The second-order valence-corrected chi connectivity index (χ2v) is 5.62. The molecule has 1 fully saturated rings. The highest BCUT2D eigenvalue weighted by Gasteiger charge is 2.28. The summed E-state index contributed by atoms with van der Waals surface area (Å²) in [6.45, 7) is 4.15. The Bertz CT molecular complexity index is 281. The topological polar surface area (TPSA) is 84.2 Å². The Labute approximate surface area is 112 Å². The lowest BCUT2D eigenvalue weighted by Crippen LogP contribution is -2.54. The summed E-state index contributed by atoms with van der Waals surface area (Å²) >= 11 is 1.84. The molecule has 1 rings (SSSR count). The van der Waals surface area contributed by atoms with Crippen LogP contribution in [0, 0.1) is 0 Å². The number of nitrogens with two attached hydrogens (primary N) is 1. The molecule has 1 unspecified atom stereocenters. The molecule has 0 radical (unpaired) electrons. The third kappa shape index (κ3) is 5.61. The molecule has 0 aromatic heterocycles. The first-order valence-electron chi connectivity index (χ1n) is 5.34. The van der Waals surface area contributed by atoms with Crippen LogP contribution in [0.5, 0.6) is 0 Å². The van der Waals surface area contributed by atoms with Crippen LogP contribution in [-0.4, -0.2) is 41.4 Å². The lowest BCUT2D eigenvalue weighted by Gasteiger charge is -2.26. The van der Waals surface area contributed by atoms with Gasteiger partial charge in [0, 0.05) is 30.5 Å². The minimum absolute atomic E-state index is 0. The molecular formula is C10H20ClN3O2S. The van der Waals surface area contributed by atoms with Crippen LogP contribution >= 0.6 is 24.2 Å². The fourth-order valence-corrected chi connectivity index (χ4v) is 2.38. The molecule has 0 saturated carbocycles. The number of hydrogen-bond acceptors (Lipinski definition) is 4. The smallest absolute Gasteiger partial charge is 0.242 e. The van der Waals surface area contributed by atoms with Crippen molar-refractivity contribution in [3.05, 3.63) is 0 Å². The molecule has 17 heavy (non-hydrogen) atoms. The number of halogens is 1. The van der Waals surface area contributed by atoms with E-state index < -0.39 is 11.4 Å². The molecule has 0 bridgehead atoms. The van der Waals surface area contributed by atoms with Gasteiger partial charge in [0.15, 0.2) is 0 Å². The van der Waals surface area contributed by atoms with Gasteiger partial charge in [-0.05, 0) is 13.8 Å². The minimum Gasteiger partial charge on any atom is -0.368 e. The van der Waals surface area contributed by atoms with Crippen LogP contribution in [-0.2, 0) is 9.59 Å². The van der Waals surface area contributed by atoms with Crippen molar-refractivity contribution in [1.29, 1.82) is 0 Å². The van der Waals surface area contributed by atoms with E-state index in [-0.39, 0.29) is 24.4 Å². The number of nitrogens with one attached hydrogen (secondary N) is 2. The van der Waals surface area contributed by atoms with E-state index in [1.54, 1.807) is 13.8 Å². The van der Waals surface area contributed by atoms with Crippen molar-refractivity contribution in [2.75, 3.05) is 18.1 Å². The second-order valence-electron chi connectivity index (χ2n) is 4.47. The van der Waals surface area contributed by atoms with Crippen LogP contribution < -0.4 is 16.4 Å². The van der Waals surface area contributed by atoms with Gasteiger partial charge in [0.05, 0.1) is 0 Å². The molecule has 0 aliphatic carbocycles. The Morgan fingerprint density at radius 3 is 2.65 bits per heavy atom. The van der Waals surface area contributed by atoms with Gasteiger partial charge in [-0.15, -0.1) is 12.4 Å². The van der Waals surface area contributed by atoms with Crippen LogP contribution in [0.25, 0.3) is 0 Å². The maximum atomic E-state index is 11.7. The maximum Gasteiger partial charge on any atom is 0.242 e. The highest BCUT2D eigenvalue weighted by Crippen LogP contribution is 2.11. The quantitative estimate of drug-likeness (QED) is 0.671. The summed E-state index contributed by atoms with van der Waals surface area (Å²) in [5.41, 5.74) is 4.20. The zero-order chi connectivity index (χ0) is 12.2. The third-order valence-electron chi connectivity index (χ3n) is 2.50. The highest BCUT2D eigenvalue weighted by molar-refractivity contribution is 7.99. The van der Waals surface area contributed by atoms with E-state index in [0.717, 1.165) is 18.1 Å². The molecule has 7 heteroatoms. The molecule has 1 aliphatic rings. The van der Waals surface area contributed by atoms with Crippen molar-refractivity contribution < 1.29 is 9.59 Å². The van der Waals surface area contributed by atoms with E-state index in [1.165, 1.54) is 0 Å². The normalized spacial score (nSPS) is 20.2. The number of thioether (sulfide) groups is 1. The Balaban J connectivity index is 0.00000256. The van der Waals surface area contributed by atoms with Crippen molar-refractivity contribution >= 4 is 36.0 Å². The minimum atomic E-state index is -0.973. The molecule has 2 amide bonds. The SMILES string of the molecule is CC(C)(NC(=O)CC1CSCCN1)C(N)=O.Cl. The van der Waals surface area contributed by atoms with Gasteiger partial charge in [0.1, 0.15) is 5.54 Å². The molecule has 100 valence electrons. The average Bonchev–Trinajstić information content (AvgIpc) is 2.17. The van der Waals surface area contributed by atoms with Gasteiger partial charge in [0.2, 0.25) is 11.8 Å². The molecule has 1 aliphatic heterocycles. The van der Waals surface area contributed by atoms with Crippen LogP contribution in [0.3, 0.4) is 0 Å². The van der Waals surface area contributed by atoms with Gasteiger partial charge in [-0.1, -0.05) is 0 Å². The van der Waals surface area contributed by atoms with Crippen LogP contribution in [0.2, 0.25) is 0 Å². The second kappa shape index (κ2) is 7.08. The molecule has 1 heterocycles. The number of carbonyl (C=O) groups excluding carboxylic acids is 2. The standard InChI is InChI=1S/C10H19N3O2S.ClH/c1-10(2,9(11)15)13-8(14)5-7-6-16-4-3-12-7;/h7,12H,3-6H2,1-2H3,(H2,11,15)(H,13,14);1H. The van der Waals surface area contributed by atoms with E-state index in [2.05, 4.69) is 10.6 Å². The van der Waals surface area contributed by atoms with Crippen molar-refractivity contribution in [3.63, 3.8) is 0 Å². The summed E-state index contributed by atoms with van der Waals surface area (Å²) < 4.78 is 0. The van der Waals surface area contributed by atoms with Crippen LogP contribution in [0.15, 0.2) is 0 Å². The number of rotatable bonds is 4. The summed E-state index contributed by atoms with van der Waals surface area (Å²) in [6.07, 6.45) is 0.393. The molecular weight excluding hydrogens is 262 g/mol. The fraction of sp³-hybridized carbons (Fsp3) is 0.800. The first-order valence-corrected chi connectivity index (χ1v) is 6.49. The van der Waals surface area contributed by atoms with E-state index in [4.69, 9.17) is 5.73 Å². The van der Waals surface area contributed by atoms with Gasteiger partial charge in [-0.2, -0.15) is 11.8 Å². The van der Waals surface area contributed by atoms with Crippen molar-refractivity contribution in [2.45, 2.75) is 31.8 Å². The zero-order valence-corrected chi connectivity index (χ0v) is 11.7. The summed E-state index contributed by atoms with van der Waals surface area (Å²) in [5, 5.41) is 5.91. The predicted octanol–water partition coefficient (Wildman–Crippen LogP) is -0.117. The fourth-order valence-electron chi connectivity index (χ4n) is 1.44. The molecule has 4 N–H and O–H groups in total. The van der Waals surface area contributed by atoms with E-state index in [0.29, 0.717) is 6.42 Å². The number of carbonyl (C=O) groups is 2. The summed E-state index contributed by atoms with van der Waals surface area (Å²) in [6, 6.07) is 0.197. The highest BCUT2D eigenvalue weighted by atomic mass is 35.5. The number of amides is 2. The van der Waals surface area contributed by atoms with Gasteiger partial charge < -0.3 is 16.4 Å². The molecule has 1 saturated heterocycles. The van der Waals surface area contributed by atoms with Crippen molar-refractivity contribution in [2.24, 2.45) is 5.73 Å². The number of primary amides is 1. The lowest BCUT2D eigenvalue weighted by atomic mass is 10.0. The monoisotopic (exact) mass is 281 g/mol. The van der Waals surface area contributed by atoms with Crippen molar-refractivity contribution in [1.82, 2.24) is 10.6 Å². The summed E-state index contributed by atoms with van der Waals surface area (Å²) in [7, 11) is 0. The first kappa shape index (κ1) is 16.5. The van der Waals surface area contributed by atoms with Gasteiger partial charge >= 0.3 is 0 Å². The van der Waals surface area contributed by atoms with Gasteiger partial charge in [-0.25, -0.2) is 0 Å². The molecule has 5 nitrogen and oxygen atoms in total. The Morgan fingerprint density at radius 1 is 1.53 bits per heavy atom. The number of hydrogen-bond donors (Lipinski definition) is 3. The van der Waals surface area contributed by atoms with E-state index in [1.807, 2.05) is 11.8 Å². The first-order chi connectivity index (χ1) is 7.42. The predicted molar refractivity (Wildman–Crippen MR) is 72.4 cm³/mol. The molecule has 0 spiro atoms. The maximum absolute atomic E-state index is 11.7. The van der Waals surface area contributed by atoms with Crippen LogP contribution in [0.1, 0.15) is 20.3 Å². The Morgan fingerprint density at radius 2 is 2.18 bits per heavy atom. The van der Waals surface area contributed by atoms with E-state index >= 15 is 0 Å². The lowest BCUT2D eigenvalue weighted by molar-refractivity contribution is -0.130. The molecule has 0 aromatic rings. The average molecular weight is 282 g/mol. The Kier molecular flexibility index (Phi) is 6.89. The van der Waals surface area contributed by atoms with E-state index in [9.17, 15) is 9.59 Å². The zero-order valence-electron chi connectivity index (χ0n) is 10.1. The van der Waals surface area contributed by atoms with Crippen LogP contribution in [0.4, 0.5) is 0 Å². The molecule has 0 aromatic carbocycles. The van der Waals surface area contributed by atoms with Gasteiger partial charge in [-0.3, -0.25) is 9.59 Å². The largest absolute Gasteiger partial charge is 0.368 e.